The predicted octanol–water partition coefficient (Wildman–Crippen LogP) is 2.87. The lowest BCUT2D eigenvalue weighted by atomic mass is 10.2. The lowest BCUT2D eigenvalue weighted by molar-refractivity contribution is 0.0699. The van der Waals surface area contributed by atoms with Gasteiger partial charge in [-0.05, 0) is 24.3 Å². The Kier molecular flexibility index (Phi) is 3.06. The first-order chi connectivity index (χ1) is 10.1. The molecule has 0 aliphatic carbocycles. The van der Waals surface area contributed by atoms with Crippen LogP contribution in [0.4, 0.5) is 4.39 Å². The maximum atomic E-state index is 13.5. The Morgan fingerprint density at radius 2 is 2.14 bits per heavy atom. The Morgan fingerprint density at radius 3 is 2.86 bits per heavy atom. The average molecular weight is 286 g/mol. The molecule has 0 aliphatic rings. The van der Waals surface area contributed by atoms with E-state index < -0.39 is 11.8 Å². The summed E-state index contributed by atoms with van der Waals surface area (Å²) in [6, 6.07) is 7.51. The molecule has 0 saturated carbocycles. The maximum absolute atomic E-state index is 13.5. The molecule has 0 saturated heterocycles. The van der Waals surface area contributed by atoms with Crippen LogP contribution >= 0.6 is 0 Å². The molecule has 0 atom stereocenters. The smallest absolute Gasteiger partial charge is 0.336 e. The molecule has 5 nitrogen and oxygen atoms in total. The van der Waals surface area contributed by atoms with Crippen LogP contribution in [0.25, 0.3) is 16.7 Å². The maximum Gasteiger partial charge on any atom is 0.336 e. The Balaban J connectivity index is 2.22. The van der Waals surface area contributed by atoms with E-state index in [2.05, 4.69) is 4.98 Å². The second-order valence-corrected chi connectivity index (χ2v) is 4.41. The molecular weight excluding hydrogens is 275 g/mol. The number of hydrogen-bond acceptors (Lipinski definition) is 3. The fourth-order valence-electron chi connectivity index (χ4n) is 2.23. The summed E-state index contributed by atoms with van der Waals surface area (Å²) >= 11 is 0. The summed E-state index contributed by atoms with van der Waals surface area (Å²) in [5.74, 6) is -1.36. The van der Waals surface area contributed by atoms with Gasteiger partial charge < -0.3 is 14.4 Å². The van der Waals surface area contributed by atoms with E-state index in [0.29, 0.717) is 16.7 Å². The van der Waals surface area contributed by atoms with Crippen molar-refractivity contribution in [1.82, 2.24) is 9.55 Å². The van der Waals surface area contributed by atoms with Gasteiger partial charge in [-0.1, -0.05) is 0 Å². The molecule has 0 amide bonds. The summed E-state index contributed by atoms with van der Waals surface area (Å²) in [5.41, 5.74) is 1.30. The molecule has 0 radical (unpaired) electrons. The minimum atomic E-state index is -1.02. The molecule has 0 aliphatic heterocycles. The zero-order valence-electron chi connectivity index (χ0n) is 11.1. The molecule has 1 aromatic carbocycles. The van der Waals surface area contributed by atoms with Gasteiger partial charge in [-0.15, -0.1) is 0 Å². The number of nitrogens with zero attached hydrogens (tertiary/aromatic N) is 2. The lowest BCUT2D eigenvalue weighted by Crippen LogP contribution is -2.00. The van der Waals surface area contributed by atoms with E-state index in [4.69, 9.17) is 4.74 Å². The van der Waals surface area contributed by atoms with Crippen LogP contribution in [0, 0.1) is 5.82 Å². The van der Waals surface area contributed by atoms with Crippen molar-refractivity contribution in [3.63, 3.8) is 0 Å². The fraction of sp³-hybridized carbons (Fsp3) is 0.0667. The molecule has 0 unspecified atom stereocenters. The first-order valence-corrected chi connectivity index (χ1v) is 6.15. The van der Waals surface area contributed by atoms with Gasteiger partial charge >= 0.3 is 5.97 Å². The predicted molar refractivity (Wildman–Crippen MR) is 74.5 cm³/mol. The molecule has 3 aromatic rings. The normalized spacial score (nSPS) is 10.8. The lowest BCUT2D eigenvalue weighted by Gasteiger charge is -2.08. The van der Waals surface area contributed by atoms with Gasteiger partial charge in [0, 0.05) is 23.8 Å². The molecule has 1 N–H and O–H groups in total. The van der Waals surface area contributed by atoms with Crippen LogP contribution < -0.4 is 4.74 Å². The van der Waals surface area contributed by atoms with E-state index in [9.17, 15) is 14.3 Å². The molecular formula is C15H11FN2O3. The van der Waals surface area contributed by atoms with Crippen LogP contribution in [0.3, 0.4) is 0 Å². The van der Waals surface area contributed by atoms with E-state index in [0.717, 1.165) is 0 Å². The first-order valence-electron chi connectivity index (χ1n) is 6.15. The highest BCUT2D eigenvalue weighted by atomic mass is 19.1. The van der Waals surface area contributed by atoms with Gasteiger partial charge in [-0.25, -0.2) is 14.2 Å². The van der Waals surface area contributed by atoms with Crippen molar-refractivity contribution in [3.05, 3.63) is 54.1 Å². The number of rotatable bonds is 3. The third kappa shape index (κ3) is 2.10. The highest BCUT2D eigenvalue weighted by Gasteiger charge is 2.13. The van der Waals surface area contributed by atoms with Crippen molar-refractivity contribution in [3.8, 4) is 11.4 Å². The minimum Gasteiger partial charge on any atom is -0.494 e. The average Bonchev–Trinajstić information content (AvgIpc) is 2.91. The summed E-state index contributed by atoms with van der Waals surface area (Å²) in [7, 11) is 1.39. The van der Waals surface area contributed by atoms with Crippen molar-refractivity contribution < 1.29 is 19.0 Å². The zero-order chi connectivity index (χ0) is 15.0. The van der Waals surface area contributed by atoms with E-state index in [1.165, 1.54) is 31.5 Å². The number of carboxylic acid groups (broad SMARTS) is 1. The SMILES string of the molecule is COc1cc(-n2ccc3c(C(=O)O)ccnc32)ccc1F. The number of hydrogen-bond donors (Lipinski definition) is 1. The number of fused-ring (bicyclic) bond motifs is 1. The molecule has 0 fully saturated rings. The topological polar surface area (TPSA) is 64.3 Å². The van der Waals surface area contributed by atoms with Crippen LogP contribution in [0.1, 0.15) is 10.4 Å². The van der Waals surface area contributed by atoms with E-state index >= 15 is 0 Å². The number of halogens is 1. The van der Waals surface area contributed by atoms with Gasteiger partial charge in [0.2, 0.25) is 0 Å². The van der Waals surface area contributed by atoms with Gasteiger partial charge in [0.15, 0.2) is 11.6 Å². The monoisotopic (exact) mass is 286 g/mol. The molecule has 0 bridgehead atoms. The summed E-state index contributed by atoms with van der Waals surface area (Å²) in [6.45, 7) is 0. The number of carbonyl (C=O) groups is 1. The van der Waals surface area contributed by atoms with E-state index in [1.54, 1.807) is 22.9 Å². The second-order valence-electron chi connectivity index (χ2n) is 4.41. The zero-order valence-corrected chi connectivity index (χ0v) is 11.1. The van der Waals surface area contributed by atoms with Gasteiger partial charge in [0.25, 0.3) is 0 Å². The second kappa shape index (κ2) is 4.90. The Bertz CT molecular complexity index is 842. The third-order valence-electron chi connectivity index (χ3n) is 3.23. The third-order valence-corrected chi connectivity index (χ3v) is 3.23. The van der Waals surface area contributed by atoms with Crippen LogP contribution in [0.15, 0.2) is 42.7 Å². The molecule has 0 spiro atoms. The number of benzene rings is 1. The van der Waals surface area contributed by atoms with E-state index in [1.807, 2.05) is 0 Å². The minimum absolute atomic E-state index is 0.115. The Morgan fingerprint density at radius 1 is 1.33 bits per heavy atom. The number of methoxy groups -OCH3 is 1. The fourth-order valence-corrected chi connectivity index (χ4v) is 2.23. The first kappa shape index (κ1) is 13.1. The van der Waals surface area contributed by atoms with Crippen molar-refractivity contribution in [2.45, 2.75) is 0 Å². The van der Waals surface area contributed by atoms with Gasteiger partial charge in [0.1, 0.15) is 5.65 Å². The number of aromatic nitrogens is 2. The van der Waals surface area contributed by atoms with Gasteiger partial charge in [-0.2, -0.15) is 0 Å². The molecule has 2 heterocycles. The van der Waals surface area contributed by atoms with Crippen LogP contribution in [-0.2, 0) is 0 Å². The van der Waals surface area contributed by atoms with Crippen LogP contribution in [0.5, 0.6) is 5.75 Å². The van der Waals surface area contributed by atoms with Crippen molar-refractivity contribution in [2.75, 3.05) is 7.11 Å². The summed E-state index contributed by atoms with van der Waals surface area (Å²) in [5, 5.41) is 9.70. The molecule has 106 valence electrons. The quantitative estimate of drug-likeness (QED) is 0.804. The molecule has 21 heavy (non-hydrogen) atoms. The Labute approximate surface area is 119 Å². The Hall–Kier alpha value is -2.89. The van der Waals surface area contributed by atoms with Gasteiger partial charge in [-0.3, -0.25) is 0 Å². The summed E-state index contributed by atoms with van der Waals surface area (Å²) in [6.07, 6.45) is 3.12. The van der Waals surface area contributed by atoms with Crippen LogP contribution in [0.2, 0.25) is 0 Å². The molecule has 2 aromatic heterocycles. The number of aromatic carboxylic acids is 1. The largest absolute Gasteiger partial charge is 0.494 e. The molecule has 6 heteroatoms. The summed E-state index contributed by atoms with van der Waals surface area (Å²) < 4.78 is 20.1. The van der Waals surface area contributed by atoms with Crippen molar-refractivity contribution in [1.29, 1.82) is 0 Å². The summed E-state index contributed by atoms with van der Waals surface area (Å²) in [4.78, 5) is 15.4. The number of pyridine rings is 1. The highest BCUT2D eigenvalue weighted by Crippen LogP contribution is 2.25. The van der Waals surface area contributed by atoms with Gasteiger partial charge in [0.05, 0.1) is 18.4 Å². The number of carboxylic acids is 1. The highest BCUT2D eigenvalue weighted by molar-refractivity contribution is 6.02. The van der Waals surface area contributed by atoms with E-state index in [-0.39, 0.29) is 11.3 Å². The van der Waals surface area contributed by atoms with Crippen molar-refractivity contribution in [2.24, 2.45) is 0 Å². The number of ether oxygens (including phenoxy) is 1. The van der Waals surface area contributed by atoms with Crippen LogP contribution in [-0.4, -0.2) is 27.7 Å². The molecule has 3 rings (SSSR count). The standard InChI is InChI=1S/C15H11FN2O3/c1-21-13-8-9(2-3-12(13)16)18-7-5-10-11(15(19)20)4-6-17-14(10)18/h2-8H,1H3,(H,19,20). The van der Waals surface area contributed by atoms with Crippen molar-refractivity contribution >= 4 is 17.0 Å².